The first kappa shape index (κ1) is 11.0. The minimum atomic E-state index is 0.683. The summed E-state index contributed by atoms with van der Waals surface area (Å²) in [5.74, 6) is 0. The number of hydrogen-bond donors (Lipinski definition) is 1. The van der Waals surface area contributed by atoms with Gasteiger partial charge in [0.05, 0.1) is 0 Å². The maximum absolute atomic E-state index is 5.60. The molecule has 1 aromatic rings. The molecule has 14 heavy (non-hydrogen) atoms. The summed E-state index contributed by atoms with van der Waals surface area (Å²) in [6.07, 6.45) is 4.29. The number of allylic oxidation sites excluding steroid dienone is 1. The zero-order valence-corrected chi connectivity index (χ0v) is 9.09. The standard InChI is InChI=1S/C13H19N/c1-3-12(10-14)8-9-13-6-4-11(2)5-7-13/h3-7H,8-10,14H2,1-2H3/b12-3-. The van der Waals surface area contributed by atoms with E-state index in [4.69, 9.17) is 5.73 Å². The number of aryl methyl sites for hydroxylation is 2. The third-order valence-corrected chi connectivity index (χ3v) is 2.53. The average molecular weight is 189 g/mol. The highest BCUT2D eigenvalue weighted by Gasteiger charge is 1.96. The van der Waals surface area contributed by atoms with E-state index in [1.807, 2.05) is 0 Å². The molecule has 0 aliphatic heterocycles. The quantitative estimate of drug-likeness (QED) is 0.724. The van der Waals surface area contributed by atoms with Crippen molar-refractivity contribution >= 4 is 0 Å². The zero-order chi connectivity index (χ0) is 10.4. The number of rotatable bonds is 4. The maximum Gasteiger partial charge on any atom is 0.0136 e. The second-order valence-electron chi connectivity index (χ2n) is 3.64. The van der Waals surface area contributed by atoms with E-state index in [-0.39, 0.29) is 0 Å². The fourth-order valence-corrected chi connectivity index (χ4v) is 1.42. The zero-order valence-electron chi connectivity index (χ0n) is 9.09. The third-order valence-electron chi connectivity index (χ3n) is 2.53. The van der Waals surface area contributed by atoms with Gasteiger partial charge in [-0.25, -0.2) is 0 Å². The molecule has 1 aromatic carbocycles. The Morgan fingerprint density at radius 2 is 1.93 bits per heavy atom. The molecule has 0 saturated heterocycles. The highest BCUT2D eigenvalue weighted by atomic mass is 14.5. The van der Waals surface area contributed by atoms with E-state index in [1.54, 1.807) is 0 Å². The maximum atomic E-state index is 5.60. The van der Waals surface area contributed by atoms with Crippen LogP contribution in [0.3, 0.4) is 0 Å². The van der Waals surface area contributed by atoms with E-state index in [0.29, 0.717) is 6.54 Å². The van der Waals surface area contributed by atoms with Gasteiger partial charge in [-0.2, -0.15) is 0 Å². The largest absolute Gasteiger partial charge is 0.327 e. The van der Waals surface area contributed by atoms with Crippen molar-refractivity contribution in [2.24, 2.45) is 5.73 Å². The van der Waals surface area contributed by atoms with Gasteiger partial charge < -0.3 is 5.73 Å². The SMILES string of the molecule is C/C=C(\CN)CCc1ccc(C)cc1. The molecular weight excluding hydrogens is 170 g/mol. The molecule has 0 aromatic heterocycles. The molecule has 0 saturated carbocycles. The molecule has 0 fully saturated rings. The van der Waals surface area contributed by atoms with Crippen LogP contribution in [0.15, 0.2) is 35.9 Å². The Hall–Kier alpha value is -1.08. The van der Waals surface area contributed by atoms with Crippen LogP contribution >= 0.6 is 0 Å². The van der Waals surface area contributed by atoms with Crippen molar-refractivity contribution < 1.29 is 0 Å². The Morgan fingerprint density at radius 1 is 1.29 bits per heavy atom. The van der Waals surface area contributed by atoms with Crippen LogP contribution in [0.1, 0.15) is 24.5 Å². The van der Waals surface area contributed by atoms with Crippen LogP contribution in [0.4, 0.5) is 0 Å². The van der Waals surface area contributed by atoms with E-state index in [2.05, 4.69) is 44.2 Å². The Bertz CT molecular complexity index is 296. The lowest BCUT2D eigenvalue weighted by Gasteiger charge is -2.04. The molecule has 0 aliphatic rings. The molecule has 2 N–H and O–H groups in total. The fraction of sp³-hybridized carbons (Fsp3) is 0.385. The minimum absolute atomic E-state index is 0.683. The van der Waals surface area contributed by atoms with Gasteiger partial charge >= 0.3 is 0 Å². The van der Waals surface area contributed by atoms with Crippen LogP contribution in [0.5, 0.6) is 0 Å². The second kappa shape index (κ2) is 5.61. The van der Waals surface area contributed by atoms with Gasteiger partial charge in [-0.05, 0) is 32.3 Å². The van der Waals surface area contributed by atoms with Crippen molar-refractivity contribution in [3.63, 3.8) is 0 Å². The summed E-state index contributed by atoms with van der Waals surface area (Å²) >= 11 is 0. The van der Waals surface area contributed by atoms with E-state index in [0.717, 1.165) is 12.8 Å². The predicted molar refractivity (Wildman–Crippen MR) is 62.3 cm³/mol. The molecule has 0 heterocycles. The smallest absolute Gasteiger partial charge is 0.0136 e. The Morgan fingerprint density at radius 3 is 2.43 bits per heavy atom. The number of benzene rings is 1. The summed E-state index contributed by atoms with van der Waals surface area (Å²) in [5, 5.41) is 0. The monoisotopic (exact) mass is 189 g/mol. The van der Waals surface area contributed by atoms with Gasteiger partial charge in [0.15, 0.2) is 0 Å². The van der Waals surface area contributed by atoms with E-state index >= 15 is 0 Å². The van der Waals surface area contributed by atoms with Gasteiger partial charge in [0.2, 0.25) is 0 Å². The second-order valence-corrected chi connectivity index (χ2v) is 3.64. The normalized spacial score (nSPS) is 11.8. The van der Waals surface area contributed by atoms with Crippen LogP contribution in [-0.4, -0.2) is 6.54 Å². The van der Waals surface area contributed by atoms with Crippen LogP contribution in [0, 0.1) is 6.92 Å². The Kier molecular flexibility index (Phi) is 4.41. The summed E-state index contributed by atoms with van der Waals surface area (Å²) in [7, 11) is 0. The first-order chi connectivity index (χ1) is 6.76. The van der Waals surface area contributed by atoms with Gasteiger partial charge in [-0.1, -0.05) is 41.5 Å². The summed E-state index contributed by atoms with van der Waals surface area (Å²) in [5.41, 5.74) is 9.65. The molecule has 0 spiro atoms. The van der Waals surface area contributed by atoms with Crippen LogP contribution in [0.2, 0.25) is 0 Å². The third kappa shape index (κ3) is 3.35. The lowest BCUT2D eigenvalue weighted by Crippen LogP contribution is -2.03. The molecule has 1 rings (SSSR count). The molecule has 0 amide bonds. The topological polar surface area (TPSA) is 26.0 Å². The van der Waals surface area contributed by atoms with Gasteiger partial charge in [-0.3, -0.25) is 0 Å². The molecule has 0 bridgehead atoms. The summed E-state index contributed by atoms with van der Waals surface area (Å²) in [4.78, 5) is 0. The van der Waals surface area contributed by atoms with Crippen LogP contribution in [-0.2, 0) is 6.42 Å². The van der Waals surface area contributed by atoms with Gasteiger partial charge in [0.25, 0.3) is 0 Å². The number of nitrogens with two attached hydrogens (primary N) is 1. The van der Waals surface area contributed by atoms with E-state index in [1.165, 1.54) is 16.7 Å². The fourth-order valence-electron chi connectivity index (χ4n) is 1.42. The lowest BCUT2D eigenvalue weighted by molar-refractivity contribution is 0.899. The summed E-state index contributed by atoms with van der Waals surface area (Å²) < 4.78 is 0. The molecule has 76 valence electrons. The molecule has 0 unspecified atom stereocenters. The Labute approximate surface area is 86.6 Å². The van der Waals surface area contributed by atoms with Crippen molar-refractivity contribution in [2.75, 3.05) is 6.54 Å². The van der Waals surface area contributed by atoms with Crippen molar-refractivity contribution in [2.45, 2.75) is 26.7 Å². The van der Waals surface area contributed by atoms with Crippen molar-refractivity contribution in [1.82, 2.24) is 0 Å². The van der Waals surface area contributed by atoms with Crippen molar-refractivity contribution in [3.8, 4) is 0 Å². The minimum Gasteiger partial charge on any atom is -0.327 e. The molecule has 1 nitrogen and oxygen atoms in total. The summed E-state index contributed by atoms with van der Waals surface area (Å²) in [6.45, 7) is 4.85. The highest BCUT2D eigenvalue weighted by Crippen LogP contribution is 2.09. The molecular formula is C13H19N. The highest BCUT2D eigenvalue weighted by molar-refractivity contribution is 5.22. The van der Waals surface area contributed by atoms with Crippen LogP contribution in [0.25, 0.3) is 0 Å². The van der Waals surface area contributed by atoms with Crippen molar-refractivity contribution in [1.29, 1.82) is 0 Å². The lowest BCUT2D eigenvalue weighted by atomic mass is 10.0. The van der Waals surface area contributed by atoms with Crippen molar-refractivity contribution in [3.05, 3.63) is 47.0 Å². The molecule has 1 heteroatoms. The molecule has 0 radical (unpaired) electrons. The van der Waals surface area contributed by atoms with Crippen LogP contribution < -0.4 is 5.73 Å². The summed E-state index contributed by atoms with van der Waals surface area (Å²) in [6, 6.07) is 8.71. The van der Waals surface area contributed by atoms with Gasteiger partial charge in [-0.15, -0.1) is 0 Å². The molecule has 0 atom stereocenters. The number of hydrogen-bond acceptors (Lipinski definition) is 1. The first-order valence-electron chi connectivity index (χ1n) is 5.16. The molecule has 0 aliphatic carbocycles. The first-order valence-corrected chi connectivity index (χ1v) is 5.16. The van der Waals surface area contributed by atoms with Gasteiger partial charge in [0, 0.05) is 6.54 Å². The van der Waals surface area contributed by atoms with E-state index < -0.39 is 0 Å². The van der Waals surface area contributed by atoms with E-state index in [9.17, 15) is 0 Å². The Balaban J connectivity index is 2.49. The van der Waals surface area contributed by atoms with Gasteiger partial charge in [0.1, 0.15) is 0 Å². The predicted octanol–water partition coefficient (Wildman–Crippen LogP) is 2.83. The average Bonchev–Trinajstić information content (AvgIpc) is 2.22.